The number of pyridine rings is 2. The molecule has 0 radical (unpaired) electrons. The summed E-state index contributed by atoms with van der Waals surface area (Å²) in [5, 5.41) is 18.5. The number of hydrogen-bond acceptors (Lipinski definition) is 7. The van der Waals surface area contributed by atoms with Gasteiger partial charge in [0.2, 0.25) is 5.88 Å². The highest BCUT2D eigenvalue weighted by atomic mass is 16.5. The van der Waals surface area contributed by atoms with Crippen LogP contribution in [0.3, 0.4) is 0 Å². The first-order chi connectivity index (χ1) is 16.4. The van der Waals surface area contributed by atoms with Crippen molar-refractivity contribution in [3.8, 4) is 11.6 Å². The Bertz CT molecular complexity index is 1170. The summed E-state index contributed by atoms with van der Waals surface area (Å²) in [6.45, 7) is 3.43. The van der Waals surface area contributed by atoms with Gasteiger partial charge in [0.15, 0.2) is 0 Å². The highest BCUT2D eigenvalue weighted by molar-refractivity contribution is 5.57. The molecule has 5 heterocycles. The van der Waals surface area contributed by atoms with Crippen molar-refractivity contribution in [2.24, 2.45) is 0 Å². The van der Waals surface area contributed by atoms with Crippen LogP contribution >= 0.6 is 0 Å². The van der Waals surface area contributed by atoms with Crippen molar-refractivity contribution < 1.29 is 14.6 Å². The van der Waals surface area contributed by atoms with Gasteiger partial charge in [0.05, 0.1) is 29.6 Å². The Kier molecular flexibility index (Phi) is 5.30. The fourth-order valence-electron chi connectivity index (χ4n) is 5.00. The van der Waals surface area contributed by atoms with Crippen LogP contribution in [0.15, 0.2) is 42.7 Å². The molecule has 1 saturated carbocycles. The van der Waals surface area contributed by atoms with Crippen molar-refractivity contribution in [1.29, 1.82) is 0 Å². The van der Waals surface area contributed by atoms with Crippen LogP contribution in [0.1, 0.15) is 75.7 Å². The summed E-state index contributed by atoms with van der Waals surface area (Å²) in [5.74, 6) is 2.71. The number of anilines is 2. The van der Waals surface area contributed by atoms with Crippen LogP contribution in [0.5, 0.6) is 11.6 Å². The molecule has 6 rings (SSSR count). The first-order valence-corrected chi connectivity index (χ1v) is 12.3. The zero-order chi connectivity index (χ0) is 23.3. The van der Waals surface area contributed by atoms with Crippen LogP contribution < -0.4 is 10.1 Å². The van der Waals surface area contributed by atoms with Crippen LogP contribution in [0.4, 0.5) is 11.5 Å². The van der Waals surface area contributed by atoms with Crippen molar-refractivity contribution in [2.75, 3.05) is 5.32 Å². The molecule has 2 bridgehead atoms. The van der Waals surface area contributed by atoms with E-state index in [1.54, 1.807) is 26.2 Å². The van der Waals surface area contributed by atoms with Crippen LogP contribution in [-0.4, -0.2) is 37.1 Å². The van der Waals surface area contributed by atoms with Crippen LogP contribution in [-0.2, 0) is 10.3 Å². The molecule has 178 valence electrons. The van der Waals surface area contributed by atoms with Crippen molar-refractivity contribution in [1.82, 2.24) is 19.7 Å². The summed E-state index contributed by atoms with van der Waals surface area (Å²) in [6.07, 6.45) is 10.8. The van der Waals surface area contributed by atoms with Gasteiger partial charge in [-0.3, -0.25) is 4.98 Å². The molecular weight excluding hydrogens is 430 g/mol. The van der Waals surface area contributed by atoms with Gasteiger partial charge in [-0.05, 0) is 70.6 Å². The van der Waals surface area contributed by atoms with Crippen LogP contribution in [0.25, 0.3) is 0 Å². The molecule has 34 heavy (non-hydrogen) atoms. The Labute approximate surface area is 199 Å². The maximum atomic E-state index is 10.3. The van der Waals surface area contributed by atoms with E-state index in [2.05, 4.69) is 26.0 Å². The lowest BCUT2D eigenvalue weighted by atomic mass is 10.0. The third-order valence-corrected chi connectivity index (χ3v) is 6.94. The lowest BCUT2D eigenvalue weighted by molar-refractivity contribution is -0.0191. The molecule has 2 aliphatic heterocycles. The van der Waals surface area contributed by atoms with E-state index < -0.39 is 5.60 Å². The van der Waals surface area contributed by atoms with E-state index in [9.17, 15) is 5.11 Å². The normalized spacial score (nSPS) is 24.3. The van der Waals surface area contributed by atoms with Crippen LogP contribution in [0.2, 0.25) is 0 Å². The molecule has 1 aliphatic carbocycles. The molecule has 2 N–H and O–H groups in total. The third-order valence-electron chi connectivity index (χ3n) is 6.94. The van der Waals surface area contributed by atoms with Gasteiger partial charge in [-0.25, -0.2) is 9.67 Å². The number of hydrogen-bond donors (Lipinski definition) is 2. The molecule has 3 aliphatic rings. The topological polar surface area (TPSA) is 94.3 Å². The van der Waals surface area contributed by atoms with E-state index in [0.29, 0.717) is 41.4 Å². The predicted molar refractivity (Wildman–Crippen MR) is 127 cm³/mol. The van der Waals surface area contributed by atoms with Gasteiger partial charge >= 0.3 is 0 Å². The second kappa shape index (κ2) is 8.36. The zero-order valence-electron chi connectivity index (χ0n) is 19.6. The summed E-state index contributed by atoms with van der Waals surface area (Å²) >= 11 is 0. The van der Waals surface area contributed by atoms with Crippen LogP contribution in [0, 0.1) is 0 Å². The highest BCUT2D eigenvalue weighted by Gasteiger charge is 2.38. The number of aliphatic hydroxyl groups is 1. The van der Waals surface area contributed by atoms with E-state index in [-0.39, 0.29) is 0 Å². The second-order valence-corrected chi connectivity index (χ2v) is 10.3. The minimum atomic E-state index is -1.02. The first kappa shape index (κ1) is 21.6. The van der Waals surface area contributed by atoms with E-state index in [1.807, 2.05) is 24.3 Å². The summed E-state index contributed by atoms with van der Waals surface area (Å²) in [7, 11) is 0. The lowest BCUT2D eigenvalue weighted by Crippen LogP contribution is -2.28. The summed E-state index contributed by atoms with van der Waals surface area (Å²) in [4.78, 5) is 8.70. The SMILES string of the molecule is CC(C)(O)c1cc(Nc2cc(Oc3cc(C4CC4)nn3[C@@H]3C[C@H]4CC[C@@H](C3)O4)ccn2)ccn1. The third kappa shape index (κ3) is 4.52. The minimum absolute atomic E-state index is 0.310. The molecular formula is C26H31N5O3. The summed E-state index contributed by atoms with van der Waals surface area (Å²) in [6, 6.07) is 9.84. The fourth-order valence-corrected chi connectivity index (χ4v) is 5.00. The molecule has 8 heteroatoms. The van der Waals surface area contributed by atoms with Gasteiger partial charge < -0.3 is 19.9 Å². The molecule has 3 aromatic rings. The maximum Gasteiger partial charge on any atom is 0.218 e. The van der Waals surface area contributed by atoms with E-state index in [1.165, 1.54) is 12.8 Å². The number of nitrogens with one attached hydrogen (secondary N) is 1. The monoisotopic (exact) mass is 461 g/mol. The van der Waals surface area contributed by atoms with Gasteiger partial charge in [-0.2, -0.15) is 5.10 Å². The minimum Gasteiger partial charge on any atom is -0.439 e. The van der Waals surface area contributed by atoms with Gasteiger partial charge in [0.25, 0.3) is 0 Å². The lowest BCUT2D eigenvalue weighted by Gasteiger charge is -2.29. The Morgan fingerprint density at radius 3 is 2.53 bits per heavy atom. The Hall–Kier alpha value is -2.97. The maximum absolute atomic E-state index is 10.3. The van der Waals surface area contributed by atoms with Gasteiger partial charge in [-0.15, -0.1) is 0 Å². The molecule has 0 unspecified atom stereocenters. The highest BCUT2D eigenvalue weighted by Crippen LogP contribution is 2.44. The standard InChI is InChI=1S/C26H31N5O3/c1-26(2,32)23-11-17(7-9-27-23)29-24-14-21(8-10-28-24)34-25-15-22(16-3-4-16)30-31(25)18-12-19-5-6-20(13-18)33-19/h7-11,14-16,18-20,32H,3-6,12-13H2,1-2H3,(H,27,28,29)/t18-,19-,20+. The van der Waals surface area contributed by atoms with E-state index >= 15 is 0 Å². The molecule has 0 aromatic carbocycles. The van der Waals surface area contributed by atoms with Gasteiger partial charge in [0.1, 0.15) is 17.2 Å². The molecule has 3 fully saturated rings. The second-order valence-electron chi connectivity index (χ2n) is 10.3. The number of fused-ring (bicyclic) bond motifs is 2. The number of rotatable bonds is 7. The first-order valence-electron chi connectivity index (χ1n) is 12.3. The summed E-state index contributed by atoms with van der Waals surface area (Å²) in [5.41, 5.74) is 1.51. The van der Waals surface area contributed by atoms with Crippen molar-refractivity contribution >= 4 is 11.5 Å². The smallest absolute Gasteiger partial charge is 0.218 e. The van der Waals surface area contributed by atoms with E-state index in [0.717, 1.165) is 42.9 Å². The molecule has 0 amide bonds. The number of nitrogens with zero attached hydrogens (tertiary/aromatic N) is 4. The molecule has 0 spiro atoms. The van der Waals surface area contributed by atoms with Gasteiger partial charge in [0, 0.05) is 36.1 Å². The Balaban J connectivity index is 1.23. The fraction of sp³-hybridized carbons (Fsp3) is 0.500. The Morgan fingerprint density at radius 1 is 1.03 bits per heavy atom. The molecule has 8 nitrogen and oxygen atoms in total. The average Bonchev–Trinajstić information content (AvgIpc) is 3.49. The average molecular weight is 462 g/mol. The molecule has 3 aromatic heterocycles. The van der Waals surface area contributed by atoms with Crippen molar-refractivity contribution in [2.45, 2.75) is 82.1 Å². The molecule has 3 atom stereocenters. The zero-order valence-corrected chi connectivity index (χ0v) is 19.6. The quantitative estimate of drug-likeness (QED) is 0.500. The number of aromatic nitrogens is 4. The van der Waals surface area contributed by atoms with Gasteiger partial charge in [-0.1, -0.05) is 0 Å². The summed E-state index contributed by atoms with van der Waals surface area (Å²) < 4.78 is 14.6. The Morgan fingerprint density at radius 2 is 1.79 bits per heavy atom. The predicted octanol–water partition coefficient (Wildman–Crippen LogP) is 5.20. The molecule has 2 saturated heterocycles. The largest absolute Gasteiger partial charge is 0.439 e. The number of ether oxygens (including phenoxy) is 2. The van der Waals surface area contributed by atoms with E-state index in [4.69, 9.17) is 14.6 Å². The van der Waals surface area contributed by atoms with Crippen molar-refractivity contribution in [3.63, 3.8) is 0 Å². The van der Waals surface area contributed by atoms with Crippen molar-refractivity contribution in [3.05, 3.63) is 54.1 Å².